The van der Waals surface area contributed by atoms with Crippen LogP contribution in [0.4, 0.5) is 0 Å². The molecule has 3 rings (SSSR count). The Bertz CT molecular complexity index is 674. The van der Waals surface area contributed by atoms with Crippen molar-refractivity contribution in [3.8, 4) is 17.7 Å². The first-order valence-electron chi connectivity index (χ1n) is 7.23. The molecule has 1 fully saturated rings. The normalized spacial score (nSPS) is 17.0. The van der Waals surface area contributed by atoms with Gasteiger partial charge in [-0.3, -0.25) is 0 Å². The van der Waals surface area contributed by atoms with Crippen LogP contribution in [0.1, 0.15) is 44.0 Å². The van der Waals surface area contributed by atoms with Crippen LogP contribution in [0.2, 0.25) is 0 Å². The van der Waals surface area contributed by atoms with Crippen molar-refractivity contribution < 1.29 is 9.26 Å². The molecule has 0 N–H and O–H groups in total. The zero-order valence-corrected chi connectivity index (χ0v) is 12.3. The molecule has 1 aliphatic carbocycles. The van der Waals surface area contributed by atoms with Crippen molar-refractivity contribution in [2.75, 3.05) is 6.61 Å². The first kappa shape index (κ1) is 13.8. The van der Waals surface area contributed by atoms with Crippen LogP contribution in [0.3, 0.4) is 0 Å². The molecule has 0 aromatic carbocycles. The molecule has 0 saturated heterocycles. The van der Waals surface area contributed by atoms with Gasteiger partial charge in [-0.25, -0.2) is 0 Å². The molecule has 0 radical (unpaired) electrons. The van der Waals surface area contributed by atoms with Crippen molar-refractivity contribution in [2.24, 2.45) is 7.05 Å². The summed E-state index contributed by atoms with van der Waals surface area (Å²) in [5.74, 6) is 1.05. The second-order valence-electron chi connectivity index (χ2n) is 5.39. The molecule has 0 spiro atoms. The first-order chi connectivity index (χ1) is 10.2. The predicted octanol–water partition coefficient (Wildman–Crippen LogP) is 2.75. The van der Waals surface area contributed by atoms with Crippen molar-refractivity contribution in [2.45, 2.75) is 38.2 Å². The van der Waals surface area contributed by atoms with Crippen LogP contribution in [0, 0.1) is 11.3 Å². The van der Waals surface area contributed by atoms with Gasteiger partial charge in [-0.15, -0.1) is 0 Å². The number of aryl methyl sites for hydroxylation is 1. The first-order valence-corrected chi connectivity index (χ1v) is 7.23. The van der Waals surface area contributed by atoms with E-state index in [0.29, 0.717) is 23.9 Å². The van der Waals surface area contributed by atoms with E-state index < -0.39 is 5.60 Å². The van der Waals surface area contributed by atoms with E-state index in [-0.39, 0.29) is 0 Å². The number of nitrogens with zero attached hydrogens (tertiary/aromatic N) is 4. The highest BCUT2D eigenvalue weighted by Gasteiger charge is 2.41. The molecule has 1 aliphatic rings. The Kier molecular flexibility index (Phi) is 3.52. The second kappa shape index (κ2) is 5.34. The fraction of sp³-hybridized carbons (Fsp3) is 0.533. The van der Waals surface area contributed by atoms with Crippen molar-refractivity contribution in [1.29, 1.82) is 5.26 Å². The zero-order valence-electron chi connectivity index (χ0n) is 12.3. The predicted molar refractivity (Wildman–Crippen MR) is 75.2 cm³/mol. The maximum absolute atomic E-state index is 8.96. The van der Waals surface area contributed by atoms with Gasteiger partial charge in [-0.2, -0.15) is 10.2 Å². The van der Waals surface area contributed by atoms with Crippen LogP contribution in [-0.4, -0.2) is 21.3 Å². The maximum Gasteiger partial charge on any atom is 0.274 e. The molecule has 21 heavy (non-hydrogen) atoms. The molecule has 1 saturated carbocycles. The number of ether oxygens (including phenoxy) is 1. The third kappa shape index (κ3) is 2.34. The van der Waals surface area contributed by atoms with Crippen LogP contribution in [-0.2, 0) is 17.4 Å². The largest absolute Gasteiger partial charge is 0.367 e. The summed E-state index contributed by atoms with van der Waals surface area (Å²) in [6, 6.07) is 3.86. The second-order valence-corrected chi connectivity index (χ2v) is 5.39. The minimum atomic E-state index is -0.403. The van der Waals surface area contributed by atoms with Crippen molar-refractivity contribution in [3.63, 3.8) is 0 Å². The van der Waals surface area contributed by atoms with Gasteiger partial charge in [0.15, 0.2) is 0 Å². The van der Waals surface area contributed by atoms with E-state index >= 15 is 0 Å². The van der Waals surface area contributed by atoms with Gasteiger partial charge < -0.3 is 13.8 Å². The average molecular weight is 286 g/mol. The summed E-state index contributed by atoms with van der Waals surface area (Å²) in [5.41, 5.74) is 0.919. The van der Waals surface area contributed by atoms with Crippen LogP contribution < -0.4 is 0 Å². The number of hydrogen-bond acceptors (Lipinski definition) is 5. The molecule has 110 valence electrons. The number of rotatable bonds is 4. The highest BCUT2D eigenvalue weighted by Crippen LogP contribution is 2.41. The molecule has 0 bridgehead atoms. The summed E-state index contributed by atoms with van der Waals surface area (Å²) in [7, 11) is 1.86. The van der Waals surface area contributed by atoms with E-state index in [1.165, 1.54) is 0 Å². The van der Waals surface area contributed by atoms with Gasteiger partial charge in [0, 0.05) is 19.9 Å². The third-order valence-corrected chi connectivity index (χ3v) is 4.02. The van der Waals surface area contributed by atoms with Crippen LogP contribution >= 0.6 is 0 Å². The molecule has 2 aromatic heterocycles. The van der Waals surface area contributed by atoms with Gasteiger partial charge >= 0.3 is 0 Å². The molecule has 6 heteroatoms. The van der Waals surface area contributed by atoms with Gasteiger partial charge in [0.05, 0.1) is 5.56 Å². The molecular weight excluding hydrogens is 268 g/mol. The lowest BCUT2D eigenvalue weighted by molar-refractivity contribution is -0.0469. The summed E-state index contributed by atoms with van der Waals surface area (Å²) >= 11 is 0. The molecule has 0 aliphatic heterocycles. The SMILES string of the molecule is CCOC1(c2noc(-c3cc(C#N)cn3C)n2)CCCC1. The fourth-order valence-corrected chi connectivity index (χ4v) is 3.01. The molecule has 2 aromatic rings. The van der Waals surface area contributed by atoms with Crippen LogP contribution in [0.25, 0.3) is 11.6 Å². The summed E-state index contributed by atoms with van der Waals surface area (Å²) in [6.07, 6.45) is 5.83. The molecule has 0 unspecified atom stereocenters. The lowest BCUT2D eigenvalue weighted by Gasteiger charge is -2.24. The summed E-state index contributed by atoms with van der Waals surface area (Å²) in [6.45, 7) is 2.62. The van der Waals surface area contributed by atoms with Gasteiger partial charge in [0.2, 0.25) is 5.82 Å². The van der Waals surface area contributed by atoms with Crippen molar-refractivity contribution in [3.05, 3.63) is 23.7 Å². The minimum Gasteiger partial charge on any atom is -0.367 e. The van der Waals surface area contributed by atoms with Crippen LogP contribution in [0.5, 0.6) is 0 Å². The van der Waals surface area contributed by atoms with Crippen molar-refractivity contribution >= 4 is 0 Å². The highest BCUT2D eigenvalue weighted by atomic mass is 16.5. The van der Waals surface area contributed by atoms with E-state index in [0.717, 1.165) is 31.4 Å². The van der Waals surface area contributed by atoms with Gasteiger partial charge in [-0.1, -0.05) is 5.16 Å². The summed E-state index contributed by atoms with van der Waals surface area (Å²) in [5, 5.41) is 13.1. The Balaban J connectivity index is 1.96. The molecular formula is C15H18N4O2. The molecule has 0 atom stereocenters. The van der Waals surface area contributed by atoms with E-state index in [1.54, 1.807) is 12.3 Å². The highest BCUT2D eigenvalue weighted by molar-refractivity contribution is 5.52. The Morgan fingerprint density at radius 1 is 1.48 bits per heavy atom. The van der Waals surface area contributed by atoms with E-state index in [4.69, 9.17) is 14.5 Å². The standard InChI is InChI=1S/C15H18N4O2/c1-3-20-15(6-4-5-7-15)14-17-13(21-18-14)12-8-11(9-16)10-19(12)2/h8,10H,3-7H2,1-2H3. The summed E-state index contributed by atoms with van der Waals surface area (Å²) < 4.78 is 13.2. The molecule has 0 amide bonds. The monoisotopic (exact) mass is 286 g/mol. The number of nitriles is 1. The van der Waals surface area contributed by atoms with Crippen molar-refractivity contribution in [1.82, 2.24) is 14.7 Å². The quantitative estimate of drug-likeness (QED) is 0.863. The maximum atomic E-state index is 8.96. The molecule has 2 heterocycles. The Morgan fingerprint density at radius 3 is 2.86 bits per heavy atom. The Morgan fingerprint density at radius 2 is 2.24 bits per heavy atom. The zero-order chi connectivity index (χ0) is 14.9. The third-order valence-electron chi connectivity index (χ3n) is 4.02. The lowest BCUT2D eigenvalue weighted by atomic mass is 10.0. The average Bonchev–Trinajstić information content (AvgIpc) is 3.17. The van der Waals surface area contributed by atoms with E-state index in [1.807, 2.05) is 18.5 Å². The summed E-state index contributed by atoms with van der Waals surface area (Å²) in [4.78, 5) is 4.53. The van der Waals surface area contributed by atoms with Gasteiger partial charge in [0.25, 0.3) is 5.89 Å². The molecule has 6 nitrogen and oxygen atoms in total. The van der Waals surface area contributed by atoms with E-state index in [2.05, 4.69) is 16.2 Å². The Labute approximate surface area is 123 Å². The topological polar surface area (TPSA) is 76.9 Å². The Hall–Kier alpha value is -2.13. The van der Waals surface area contributed by atoms with E-state index in [9.17, 15) is 0 Å². The fourth-order valence-electron chi connectivity index (χ4n) is 3.01. The van der Waals surface area contributed by atoms with Gasteiger partial charge in [-0.05, 0) is 38.7 Å². The number of aromatic nitrogens is 3. The van der Waals surface area contributed by atoms with Crippen LogP contribution in [0.15, 0.2) is 16.8 Å². The lowest BCUT2D eigenvalue weighted by Crippen LogP contribution is -2.27. The smallest absolute Gasteiger partial charge is 0.274 e. The van der Waals surface area contributed by atoms with Gasteiger partial charge in [0.1, 0.15) is 17.4 Å². The number of hydrogen-bond donors (Lipinski definition) is 0. The minimum absolute atomic E-state index is 0.403.